The maximum absolute atomic E-state index is 9.13. The van der Waals surface area contributed by atoms with Gasteiger partial charge in [0.2, 0.25) is 0 Å². The van der Waals surface area contributed by atoms with Crippen LogP contribution >= 0.6 is 58.2 Å². The summed E-state index contributed by atoms with van der Waals surface area (Å²) in [5.41, 5.74) is 7.91. The minimum atomic E-state index is -0.0194. The number of aromatic nitrogens is 2. The average molecular weight is 681 g/mol. The maximum atomic E-state index is 9.13. The van der Waals surface area contributed by atoms with Crippen LogP contribution in [-0.2, 0) is 12.4 Å². The van der Waals surface area contributed by atoms with Gasteiger partial charge in [-0.3, -0.25) is 5.41 Å². The molecule has 1 aliphatic carbocycles. The van der Waals surface area contributed by atoms with Crippen molar-refractivity contribution >= 4 is 116 Å². The van der Waals surface area contributed by atoms with Crippen LogP contribution in [0.4, 0.5) is 0 Å². The van der Waals surface area contributed by atoms with Crippen LogP contribution in [0.3, 0.4) is 0 Å². The van der Waals surface area contributed by atoms with E-state index in [0.29, 0.717) is 30.2 Å². The van der Waals surface area contributed by atoms with Gasteiger partial charge in [-0.1, -0.05) is 0 Å². The van der Waals surface area contributed by atoms with E-state index in [1.54, 1.807) is 24.5 Å². The van der Waals surface area contributed by atoms with E-state index >= 15 is 0 Å². The van der Waals surface area contributed by atoms with Crippen molar-refractivity contribution in [3.05, 3.63) is 86.0 Å². The topological polar surface area (TPSA) is 196 Å². The molecule has 210 valence electrons. The van der Waals surface area contributed by atoms with Gasteiger partial charge in [0.1, 0.15) is 56.8 Å². The van der Waals surface area contributed by atoms with Crippen molar-refractivity contribution in [1.82, 2.24) is 9.97 Å². The normalized spacial score (nSPS) is 14.8. The predicted molar refractivity (Wildman–Crippen MR) is 180 cm³/mol. The van der Waals surface area contributed by atoms with Gasteiger partial charge in [0.15, 0.2) is 0 Å². The lowest BCUT2D eigenvalue weighted by Gasteiger charge is -2.21. The molecule has 0 bridgehead atoms. The predicted octanol–water partition coefficient (Wildman–Crippen LogP) is 2.91. The zero-order valence-corrected chi connectivity index (χ0v) is 26.7. The van der Waals surface area contributed by atoms with Crippen LogP contribution in [0.2, 0.25) is 0 Å². The molecule has 1 aliphatic rings. The Morgan fingerprint density at radius 2 is 1.30 bits per heavy atom. The van der Waals surface area contributed by atoms with Crippen LogP contribution in [0.5, 0.6) is 0 Å². The summed E-state index contributed by atoms with van der Waals surface area (Å²) in [6.07, 6.45) is 7.02. The minimum Gasteiger partial charge on any atom is -0.396 e. The number of nitrogens with one attached hydrogen (secondary N) is 1. The molecule has 0 radical (unpaired) electrons. The lowest BCUT2D eigenvalue weighted by atomic mass is 9.90. The summed E-state index contributed by atoms with van der Waals surface area (Å²) in [6.45, 7) is 0. The Kier molecular flexibility index (Phi) is 9.14. The minimum absolute atomic E-state index is 0.0194. The molecule has 0 atom stereocenters. The smallest absolute Gasteiger partial charge is 0.146 e. The van der Waals surface area contributed by atoms with Gasteiger partial charge >= 0.3 is 0 Å². The summed E-state index contributed by atoms with van der Waals surface area (Å²) >= 11 is 14.5. The second-order valence-corrected chi connectivity index (χ2v) is 13.2. The van der Waals surface area contributed by atoms with E-state index in [1.807, 2.05) is 48.6 Å². The average Bonchev–Trinajstić information content (AvgIpc) is 3.85. The first-order valence-corrected chi connectivity index (χ1v) is 15.9. The molecule has 44 heavy (non-hydrogen) atoms. The number of nitriles is 4. The Morgan fingerprint density at radius 1 is 0.818 bits per heavy atom. The molecule has 4 aromatic heterocycles. The van der Waals surface area contributed by atoms with Gasteiger partial charge in [-0.15, -0.1) is 45.3 Å². The third kappa shape index (κ3) is 5.82. The third-order valence-electron chi connectivity index (χ3n) is 5.91. The second-order valence-electron chi connectivity index (χ2n) is 8.45. The monoisotopic (exact) mass is 680 g/mol. The Morgan fingerprint density at radius 3 is 1.73 bits per heavy atom. The molecular weight excluding hydrogens is 669 g/mol. The Bertz CT molecular complexity index is 2370. The van der Waals surface area contributed by atoms with Crippen LogP contribution in [0, 0.1) is 50.7 Å². The number of thiazole rings is 2. The fourth-order valence-corrected chi connectivity index (χ4v) is 8.18. The van der Waals surface area contributed by atoms with Gasteiger partial charge in [-0.05, 0) is 49.2 Å². The molecule has 3 N–H and O–H groups in total. The highest BCUT2D eigenvalue weighted by Crippen LogP contribution is 2.38. The van der Waals surface area contributed by atoms with Crippen molar-refractivity contribution in [2.45, 2.75) is 0 Å². The SMILES string of the molecule is N#CC(C#N)=c1cc/c(=C/c2cnc(C3=C(N=S)C(N)=C(c4ncc(/C=c5/ccc(=C(C#N)C#N)s5)s4)/C(=N/S)C3=N)s2)s1. The lowest BCUT2D eigenvalue weighted by molar-refractivity contribution is 1.25. The number of hydrogen-bond donors (Lipinski definition) is 3. The van der Waals surface area contributed by atoms with Crippen LogP contribution in [-0.4, -0.2) is 21.4 Å². The van der Waals surface area contributed by atoms with Gasteiger partial charge in [0.05, 0.1) is 31.6 Å². The maximum Gasteiger partial charge on any atom is 0.146 e. The number of rotatable bonds is 5. The molecule has 0 unspecified atom stereocenters. The van der Waals surface area contributed by atoms with E-state index in [1.165, 1.54) is 45.3 Å². The van der Waals surface area contributed by atoms with Crippen LogP contribution in [0.25, 0.3) is 34.4 Å². The van der Waals surface area contributed by atoms with Gasteiger partial charge in [0.25, 0.3) is 0 Å². The third-order valence-corrected chi connectivity index (χ3v) is 10.3. The molecule has 5 rings (SSSR count). The molecule has 0 aliphatic heterocycles. The van der Waals surface area contributed by atoms with Crippen molar-refractivity contribution in [2.75, 3.05) is 0 Å². The molecule has 0 amide bonds. The van der Waals surface area contributed by atoms with Crippen molar-refractivity contribution in [3.63, 3.8) is 0 Å². The van der Waals surface area contributed by atoms with Gasteiger partial charge in [0, 0.05) is 43.6 Å². The Labute approximate surface area is 275 Å². The summed E-state index contributed by atoms with van der Waals surface area (Å²) in [5.74, 6) is 0. The number of allylic oxidation sites excluding steroid dienone is 2. The molecule has 16 heteroatoms. The largest absolute Gasteiger partial charge is 0.396 e. The lowest BCUT2D eigenvalue weighted by Crippen LogP contribution is -2.26. The van der Waals surface area contributed by atoms with E-state index < -0.39 is 0 Å². The number of nitrogens with zero attached hydrogens (tertiary/aromatic N) is 8. The highest BCUT2D eigenvalue weighted by molar-refractivity contribution is 7.79. The van der Waals surface area contributed by atoms with Crippen molar-refractivity contribution < 1.29 is 0 Å². The summed E-state index contributed by atoms with van der Waals surface area (Å²) in [5, 5.41) is 46.5. The van der Waals surface area contributed by atoms with Crippen LogP contribution < -0.4 is 23.9 Å². The highest BCUT2D eigenvalue weighted by Gasteiger charge is 2.34. The molecule has 4 aromatic rings. The van der Waals surface area contributed by atoms with Gasteiger partial charge < -0.3 is 5.73 Å². The van der Waals surface area contributed by atoms with E-state index in [0.717, 1.165) is 18.8 Å². The zero-order valence-electron chi connectivity index (χ0n) is 21.8. The van der Waals surface area contributed by atoms with E-state index in [-0.39, 0.29) is 34.0 Å². The van der Waals surface area contributed by atoms with Crippen molar-refractivity contribution in [1.29, 1.82) is 26.5 Å². The fourth-order valence-electron chi connectivity index (χ4n) is 3.98. The first kappa shape index (κ1) is 30.5. The van der Waals surface area contributed by atoms with Gasteiger partial charge in [-0.25, -0.2) is 14.4 Å². The van der Waals surface area contributed by atoms with E-state index in [2.05, 4.69) is 31.5 Å². The molecule has 0 aromatic carbocycles. The first-order valence-electron chi connectivity index (χ1n) is 11.9. The molecule has 0 saturated carbocycles. The van der Waals surface area contributed by atoms with Crippen LogP contribution in [0.1, 0.15) is 19.8 Å². The molecule has 10 nitrogen and oxygen atoms in total. The number of nitrogens with two attached hydrogens (primary N) is 1. The van der Waals surface area contributed by atoms with Crippen LogP contribution in [0.15, 0.2) is 56.8 Å². The van der Waals surface area contributed by atoms with Crippen molar-refractivity contribution in [3.8, 4) is 24.3 Å². The first-order chi connectivity index (χ1) is 21.3. The number of thiophene rings is 2. The van der Waals surface area contributed by atoms with Gasteiger partial charge in [-0.2, -0.15) is 25.4 Å². The van der Waals surface area contributed by atoms with E-state index in [9.17, 15) is 0 Å². The van der Waals surface area contributed by atoms with Crippen molar-refractivity contribution in [2.24, 2.45) is 14.5 Å². The zero-order chi connectivity index (χ0) is 31.4. The van der Waals surface area contributed by atoms with E-state index in [4.69, 9.17) is 44.6 Å². The standard InChI is InChI=1S/C28H12N10S6/c29-7-13(8-30)19-3-1-15(41-19)5-17-11-35-27(43-17)21-23(33)26(38-40)22(24(34)25(21)37-39)28-36-12-18(44-28)6-16-2-4-20(42-16)14(9-31)10-32/h1-6,11-12,33,40H,34H2/b15-5-,16-6-,33-23?,38-26-. The molecular formula is C28H12N10S6. The molecule has 0 fully saturated rings. The summed E-state index contributed by atoms with van der Waals surface area (Å²) in [4.78, 5) is 10.5. The quantitative estimate of drug-likeness (QED) is 0.211. The summed E-state index contributed by atoms with van der Waals surface area (Å²) in [7, 11) is 0. The summed E-state index contributed by atoms with van der Waals surface area (Å²) in [6, 6.07) is 14.6. The number of hydrogen-bond acceptors (Lipinski definition) is 16. The Hall–Kier alpha value is -4.91. The highest BCUT2D eigenvalue weighted by atomic mass is 32.1. The second kappa shape index (κ2) is 13.2. The molecule has 4 heterocycles. The fraction of sp³-hybridized carbons (Fsp3) is 0. The molecule has 0 spiro atoms. The Balaban J connectivity index is 1.56. The summed E-state index contributed by atoms with van der Waals surface area (Å²) < 4.78 is 10.9. The number of thiol groups is 1. The molecule has 0 saturated heterocycles.